The average Bonchev–Trinajstić information content (AvgIpc) is 3.02. The second-order valence-electron chi connectivity index (χ2n) is 8.81. The number of fused-ring (bicyclic) bond motifs is 2. The Hall–Kier alpha value is -2.43. The van der Waals surface area contributed by atoms with E-state index in [4.69, 9.17) is 9.73 Å². The Bertz CT molecular complexity index is 923. The Morgan fingerprint density at radius 3 is 2.63 bits per heavy atom. The zero-order valence-electron chi connectivity index (χ0n) is 16.7. The number of aromatic amines is 1. The van der Waals surface area contributed by atoms with Crippen molar-refractivity contribution in [3.63, 3.8) is 0 Å². The Morgan fingerprint density at radius 2 is 1.93 bits per heavy atom. The largest absolute Gasteiger partial charge is 0.496 e. The quantitative estimate of drug-likeness (QED) is 0.852. The number of H-pyrrole nitrogens is 1. The Kier molecular flexibility index (Phi) is 4.21. The third-order valence-corrected chi connectivity index (χ3v) is 5.78. The molecule has 2 heterocycles. The number of ether oxygens (including phenoxy) is 1. The van der Waals surface area contributed by atoms with Crippen LogP contribution in [0.4, 0.5) is 5.82 Å². The topological polar surface area (TPSA) is 67.3 Å². The van der Waals surface area contributed by atoms with E-state index in [1.807, 2.05) is 18.2 Å². The van der Waals surface area contributed by atoms with E-state index in [9.17, 15) is 4.79 Å². The van der Waals surface area contributed by atoms with Gasteiger partial charge in [0.05, 0.1) is 13.0 Å². The molecule has 4 rings (SSSR count). The molecular formula is C22H27N3O2. The van der Waals surface area contributed by atoms with Gasteiger partial charge in [0, 0.05) is 34.9 Å². The molecule has 2 aromatic rings. The SMILES string of the molecule is COc1ccccc1C1c2c(n[nH]c2C(C)C)N=C2CC(C)(C)CC(=O)C21. The van der Waals surface area contributed by atoms with Crippen molar-refractivity contribution in [1.29, 1.82) is 0 Å². The molecule has 1 aromatic carbocycles. The molecule has 142 valence electrons. The number of aliphatic imine (C=N–C) groups is 1. The summed E-state index contributed by atoms with van der Waals surface area (Å²) in [6.45, 7) is 8.55. The van der Waals surface area contributed by atoms with Crippen molar-refractivity contribution in [3.05, 3.63) is 41.1 Å². The first-order valence-electron chi connectivity index (χ1n) is 9.63. The number of aromatic nitrogens is 2. The molecule has 0 radical (unpaired) electrons. The zero-order chi connectivity index (χ0) is 19.3. The number of methoxy groups -OCH3 is 1. The highest BCUT2D eigenvalue weighted by Crippen LogP contribution is 2.51. The van der Waals surface area contributed by atoms with Crippen LogP contribution < -0.4 is 4.74 Å². The van der Waals surface area contributed by atoms with E-state index >= 15 is 0 Å². The van der Waals surface area contributed by atoms with Gasteiger partial charge in [0.15, 0.2) is 5.82 Å². The zero-order valence-corrected chi connectivity index (χ0v) is 16.7. The van der Waals surface area contributed by atoms with Gasteiger partial charge in [0.1, 0.15) is 11.5 Å². The third kappa shape index (κ3) is 2.89. The first-order valence-corrected chi connectivity index (χ1v) is 9.63. The molecule has 1 aromatic heterocycles. The second kappa shape index (κ2) is 6.32. The number of ketones is 1. The number of hydrogen-bond acceptors (Lipinski definition) is 4. The van der Waals surface area contributed by atoms with Gasteiger partial charge in [-0.05, 0) is 23.8 Å². The predicted molar refractivity (Wildman–Crippen MR) is 106 cm³/mol. The molecule has 0 spiro atoms. The number of nitrogens with zero attached hydrogens (tertiary/aromatic N) is 2. The standard InChI is InChI=1S/C22H27N3O2/c1-12(2)20-19-17(13-8-6-7-9-16(13)27-5)18-14(23-21(19)25-24-20)10-22(3,4)11-15(18)26/h6-9,12,17-18H,10-11H2,1-5H3,(H,24,25). The first-order chi connectivity index (χ1) is 12.8. The van der Waals surface area contributed by atoms with Crippen LogP contribution in [-0.4, -0.2) is 28.8 Å². The van der Waals surface area contributed by atoms with Gasteiger partial charge in [-0.3, -0.25) is 9.89 Å². The maximum Gasteiger partial charge on any atom is 0.177 e. The van der Waals surface area contributed by atoms with Gasteiger partial charge in [-0.2, -0.15) is 5.10 Å². The van der Waals surface area contributed by atoms with Gasteiger partial charge in [-0.25, -0.2) is 4.99 Å². The monoisotopic (exact) mass is 365 g/mol. The number of benzene rings is 1. The molecule has 1 saturated carbocycles. The van der Waals surface area contributed by atoms with Gasteiger partial charge in [0.2, 0.25) is 0 Å². The summed E-state index contributed by atoms with van der Waals surface area (Å²) in [5.74, 6) is 1.72. The van der Waals surface area contributed by atoms with Crippen LogP contribution in [0.3, 0.4) is 0 Å². The molecule has 2 unspecified atom stereocenters. The number of rotatable bonds is 3. The highest BCUT2D eigenvalue weighted by Gasteiger charge is 2.47. The van der Waals surface area contributed by atoms with Crippen molar-refractivity contribution in [2.24, 2.45) is 16.3 Å². The van der Waals surface area contributed by atoms with E-state index in [-0.39, 0.29) is 29.0 Å². The number of nitrogens with one attached hydrogen (secondary N) is 1. The smallest absolute Gasteiger partial charge is 0.177 e. The molecule has 2 aliphatic rings. The normalized spacial score (nSPS) is 23.6. The number of carbonyl (C=O) groups is 1. The van der Waals surface area contributed by atoms with Crippen LogP contribution in [0, 0.1) is 11.3 Å². The summed E-state index contributed by atoms with van der Waals surface area (Å²) in [6.07, 6.45) is 1.39. The fourth-order valence-electron chi connectivity index (χ4n) is 4.66. The maximum atomic E-state index is 13.3. The molecular weight excluding hydrogens is 338 g/mol. The van der Waals surface area contributed by atoms with Crippen molar-refractivity contribution < 1.29 is 9.53 Å². The Labute approximate surface area is 160 Å². The lowest BCUT2D eigenvalue weighted by atomic mass is 9.63. The maximum absolute atomic E-state index is 13.3. The van der Waals surface area contributed by atoms with Crippen molar-refractivity contribution in [3.8, 4) is 5.75 Å². The number of carbonyl (C=O) groups excluding carboxylic acids is 1. The number of Topliss-reactive ketones (excluding diaryl/α,β-unsaturated/α-hetero) is 1. The number of hydrogen-bond donors (Lipinski definition) is 1. The van der Waals surface area contributed by atoms with Gasteiger partial charge in [0.25, 0.3) is 0 Å². The average molecular weight is 365 g/mol. The van der Waals surface area contributed by atoms with Crippen LogP contribution in [0.15, 0.2) is 29.3 Å². The van der Waals surface area contributed by atoms with Crippen LogP contribution in [-0.2, 0) is 4.79 Å². The molecule has 1 aliphatic heterocycles. The van der Waals surface area contributed by atoms with E-state index in [0.29, 0.717) is 6.42 Å². The summed E-state index contributed by atoms with van der Waals surface area (Å²) < 4.78 is 5.66. The molecule has 0 saturated heterocycles. The summed E-state index contributed by atoms with van der Waals surface area (Å²) in [4.78, 5) is 18.1. The van der Waals surface area contributed by atoms with E-state index in [1.54, 1.807) is 7.11 Å². The fraction of sp³-hybridized carbons (Fsp3) is 0.500. The van der Waals surface area contributed by atoms with Crippen molar-refractivity contribution >= 4 is 17.3 Å². The molecule has 27 heavy (non-hydrogen) atoms. The molecule has 5 nitrogen and oxygen atoms in total. The lowest BCUT2D eigenvalue weighted by Crippen LogP contribution is -2.42. The molecule has 0 bridgehead atoms. The highest BCUT2D eigenvalue weighted by atomic mass is 16.5. The first kappa shape index (κ1) is 18.0. The minimum absolute atomic E-state index is 0.0631. The Balaban J connectivity index is 1.97. The van der Waals surface area contributed by atoms with Crippen LogP contribution in [0.1, 0.15) is 69.2 Å². The van der Waals surface area contributed by atoms with Gasteiger partial charge < -0.3 is 4.74 Å². The van der Waals surface area contributed by atoms with Crippen LogP contribution >= 0.6 is 0 Å². The summed E-state index contributed by atoms with van der Waals surface area (Å²) in [5, 5.41) is 7.70. The van der Waals surface area contributed by atoms with Gasteiger partial charge in [-0.15, -0.1) is 0 Å². The molecule has 0 amide bonds. The summed E-state index contributed by atoms with van der Waals surface area (Å²) in [7, 11) is 1.68. The summed E-state index contributed by atoms with van der Waals surface area (Å²) in [5.41, 5.74) is 4.04. The lowest BCUT2D eigenvalue weighted by molar-refractivity contribution is -0.124. The van der Waals surface area contributed by atoms with E-state index in [1.165, 1.54) is 0 Å². The molecule has 1 aliphatic carbocycles. The molecule has 2 atom stereocenters. The molecule has 1 fully saturated rings. The molecule has 1 N–H and O–H groups in total. The van der Waals surface area contributed by atoms with Crippen LogP contribution in [0.25, 0.3) is 0 Å². The predicted octanol–water partition coefficient (Wildman–Crippen LogP) is 4.77. The minimum atomic E-state index is -0.239. The fourth-order valence-corrected chi connectivity index (χ4v) is 4.66. The summed E-state index contributed by atoms with van der Waals surface area (Å²) in [6, 6.07) is 8.01. The summed E-state index contributed by atoms with van der Waals surface area (Å²) >= 11 is 0. The molecule has 5 heteroatoms. The minimum Gasteiger partial charge on any atom is -0.496 e. The highest BCUT2D eigenvalue weighted by molar-refractivity contribution is 6.11. The van der Waals surface area contributed by atoms with E-state index in [2.05, 4.69) is 44.0 Å². The second-order valence-corrected chi connectivity index (χ2v) is 8.81. The van der Waals surface area contributed by atoms with E-state index < -0.39 is 0 Å². The van der Waals surface area contributed by atoms with Crippen molar-refractivity contribution in [2.75, 3.05) is 7.11 Å². The van der Waals surface area contributed by atoms with Gasteiger partial charge >= 0.3 is 0 Å². The van der Waals surface area contributed by atoms with E-state index in [0.717, 1.165) is 40.5 Å². The van der Waals surface area contributed by atoms with Crippen LogP contribution in [0.5, 0.6) is 5.75 Å². The third-order valence-electron chi connectivity index (χ3n) is 5.78. The lowest BCUT2D eigenvalue weighted by Gasteiger charge is -2.40. The van der Waals surface area contributed by atoms with Crippen molar-refractivity contribution in [2.45, 2.75) is 52.4 Å². The number of para-hydroxylation sites is 1. The van der Waals surface area contributed by atoms with Crippen molar-refractivity contribution in [1.82, 2.24) is 10.2 Å². The van der Waals surface area contributed by atoms with Gasteiger partial charge in [-0.1, -0.05) is 45.9 Å². The van der Waals surface area contributed by atoms with Crippen LogP contribution in [0.2, 0.25) is 0 Å². The Morgan fingerprint density at radius 1 is 1.19 bits per heavy atom.